The summed E-state index contributed by atoms with van der Waals surface area (Å²) in [4.78, 5) is -0.209. The molecule has 0 saturated heterocycles. The molecule has 0 aliphatic heterocycles. The van der Waals surface area contributed by atoms with Crippen LogP contribution in [0.25, 0.3) is 0 Å². The van der Waals surface area contributed by atoms with Gasteiger partial charge < -0.3 is 9.84 Å². The van der Waals surface area contributed by atoms with E-state index in [2.05, 4.69) is 6.92 Å². The van der Waals surface area contributed by atoms with Crippen molar-refractivity contribution >= 4 is 10.1 Å². The summed E-state index contributed by atoms with van der Waals surface area (Å²) in [5.74, 6) is 0.0444. The Balaban J connectivity index is 0.00000544. The van der Waals surface area contributed by atoms with Gasteiger partial charge in [0, 0.05) is 0 Å². The number of aryl methyl sites for hydroxylation is 1. The predicted octanol–water partition coefficient (Wildman–Crippen LogP) is 4.05. The first-order valence-corrected chi connectivity index (χ1v) is 13.4. The molecular formula is C26H37NaO5S. The first-order valence-electron chi connectivity index (χ1n) is 12.0. The Morgan fingerprint density at radius 3 is 1.91 bits per heavy atom. The number of unbranched alkanes of at least 4 members (excludes halogenated alkanes) is 11. The molecule has 0 atom stereocenters. The minimum absolute atomic E-state index is 0. The predicted molar refractivity (Wildman–Crippen MR) is 127 cm³/mol. The molecule has 2 aromatic rings. The molecule has 0 aliphatic carbocycles. The van der Waals surface area contributed by atoms with Crippen molar-refractivity contribution in [2.75, 3.05) is 0 Å². The molecule has 0 saturated carbocycles. The van der Waals surface area contributed by atoms with Crippen molar-refractivity contribution < 1.29 is 52.4 Å². The second kappa shape index (κ2) is 16.6. The fourth-order valence-corrected chi connectivity index (χ4v) is 4.82. The van der Waals surface area contributed by atoms with E-state index in [1.165, 1.54) is 76.0 Å². The van der Waals surface area contributed by atoms with Gasteiger partial charge in [-0.1, -0.05) is 102 Å². The van der Waals surface area contributed by atoms with Crippen LogP contribution >= 0.6 is 0 Å². The van der Waals surface area contributed by atoms with Gasteiger partial charge in [0.1, 0.15) is 16.4 Å². The summed E-state index contributed by atoms with van der Waals surface area (Å²) in [6.07, 6.45) is 15.3. The van der Waals surface area contributed by atoms with Gasteiger partial charge in [0.2, 0.25) is 0 Å². The molecule has 33 heavy (non-hydrogen) atoms. The fourth-order valence-electron chi connectivity index (χ4n) is 3.95. The monoisotopic (exact) mass is 484 g/mol. The van der Waals surface area contributed by atoms with Gasteiger partial charge in [-0.15, -0.1) is 5.75 Å². The fraction of sp³-hybridized carbons (Fsp3) is 0.538. The molecule has 0 bridgehead atoms. The smallest absolute Gasteiger partial charge is 0.872 e. The van der Waals surface area contributed by atoms with Crippen LogP contribution in [0.3, 0.4) is 0 Å². The van der Waals surface area contributed by atoms with Gasteiger partial charge in [-0.2, -0.15) is 8.42 Å². The average Bonchev–Trinajstić information content (AvgIpc) is 2.74. The number of hydrogen-bond acceptors (Lipinski definition) is 4. The Morgan fingerprint density at radius 2 is 1.36 bits per heavy atom. The first kappa shape index (κ1) is 30.0. The van der Waals surface area contributed by atoms with Gasteiger partial charge >= 0.3 is 29.6 Å². The molecule has 0 spiro atoms. The van der Waals surface area contributed by atoms with E-state index in [0.29, 0.717) is 12.0 Å². The van der Waals surface area contributed by atoms with Crippen molar-refractivity contribution in [1.82, 2.24) is 0 Å². The standard InChI is InChI=1S/C26H38O5S.Na/c1-2-3-4-5-6-7-8-9-10-11-12-13-16-22-17-14-20-25(26(22)32(28,29)30)31-24-19-15-18-23(27)21-24;/h14-15,17-21,27H,2-13,16H2,1H3,(H,28,29,30);/q;+1/p-1. The van der Waals surface area contributed by atoms with E-state index >= 15 is 0 Å². The van der Waals surface area contributed by atoms with Crippen molar-refractivity contribution in [1.29, 1.82) is 0 Å². The summed E-state index contributed by atoms with van der Waals surface area (Å²) in [7, 11) is -4.46. The minimum atomic E-state index is -4.46. The molecule has 0 heterocycles. The average molecular weight is 485 g/mol. The summed E-state index contributed by atoms with van der Waals surface area (Å²) >= 11 is 0. The molecule has 5 nitrogen and oxygen atoms in total. The Hall–Kier alpha value is -1.05. The SMILES string of the molecule is CCCCCCCCCCCCCCc1cccc(Oc2cccc([O-])c2)c1S(=O)(=O)O.[Na+]. The maximum atomic E-state index is 12.1. The third-order valence-electron chi connectivity index (χ3n) is 5.65. The molecule has 1 N–H and O–H groups in total. The van der Waals surface area contributed by atoms with Crippen LogP contribution in [0.15, 0.2) is 47.4 Å². The van der Waals surface area contributed by atoms with Crippen molar-refractivity contribution in [3.8, 4) is 17.2 Å². The van der Waals surface area contributed by atoms with Gasteiger partial charge in [-0.05, 0) is 36.6 Å². The Kier molecular flexibility index (Phi) is 15.0. The number of ether oxygens (including phenoxy) is 1. The van der Waals surface area contributed by atoms with Crippen LogP contribution < -0.4 is 39.4 Å². The Morgan fingerprint density at radius 1 is 0.818 bits per heavy atom. The Bertz CT molecular complexity index is 915. The molecule has 0 radical (unpaired) electrons. The summed E-state index contributed by atoms with van der Waals surface area (Å²) in [5, 5.41) is 11.5. The molecule has 178 valence electrons. The molecule has 0 unspecified atom stereocenters. The van der Waals surface area contributed by atoms with E-state index in [4.69, 9.17) is 4.74 Å². The maximum Gasteiger partial charge on any atom is 1.00 e. The van der Waals surface area contributed by atoms with Crippen molar-refractivity contribution in [3.63, 3.8) is 0 Å². The van der Waals surface area contributed by atoms with Crippen LogP contribution in [-0.4, -0.2) is 13.0 Å². The third-order valence-corrected chi connectivity index (χ3v) is 6.63. The largest absolute Gasteiger partial charge is 1.00 e. The zero-order valence-electron chi connectivity index (χ0n) is 20.2. The maximum absolute atomic E-state index is 12.1. The summed E-state index contributed by atoms with van der Waals surface area (Å²) in [6, 6.07) is 10.7. The molecule has 7 heteroatoms. The number of benzene rings is 2. The quantitative estimate of drug-likeness (QED) is 0.221. The van der Waals surface area contributed by atoms with Crippen molar-refractivity contribution in [2.24, 2.45) is 0 Å². The van der Waals surface area contributed by atoms with Gasteiger partial charge in [-0.3, -0.25) is 4.55 Å². The van der Waals surface area contributed by atoms with Gasteiger partial charge in [-0.25, -0.2) is 0 Å². The summed E-state index contributed by atoms with van der Waals surface area (Å²) in [6.45, 7) is 2.24. The van der Waals surface area contributed by atoms with E-state index in [1.54, 1.807) is 24.3 Å². The van der Waals surface area contributed by atoms with E-state index in [0.717, 1.165) is 19.3 Å². The van der Waals surface area contributed by atoms with E-state index in [-0.39, 0.29) is 51.7 Å². The van der Waals surface area contributed by atoms with Crippen LogP contribution in [0.1, 0.15) is 89.5 Å². The van der Waals surface area contributed by atoms with Crippen LogP contribution in [0, 0.1) is 0 Å². The van der Waals surface area contributed by atoms with Gasteiger partial charge in [0.15, 0.2) is 0 Å². The van der Waals surface area contributed by atoms with Crippen molar-refractivity contribution in [3.05, 3.63) is 48.0 Å². The molecule has 0 aromatic heterocycles. The zero-order valence-corrected chi connectivity index (χ0v) is 23.0. The molecule has 2 aromatic carbocycles. The van der Waals surface area contributed by atoms with E-state index < -0.39 is 10.1 Å². The summed E-state index contributed by atoms with van der Waals surface area (Å²) in [5.41, 5.74) is 0.537. The van der Waals surface area contributed by atoms with Crippen LogP contribution in [0.4, 0.5) is 0 Å². The van der Waals surface area contributed by atoms with Crippen LogP contribution in [0.2, 0.25) is 0 Å². The second-order valence-electron chi connectivity index (χ2n) is 8.44. The minimum Gasteiger partial charge on any atom is -0.872 e. The summed E-state index contributed by atoms with van der Waals surface area (Å²) < 4.78 is 39.6. The molecule has 2 rings (SSSR count). The second-order valence-corrected chi connectivity index (χ2v) is 9.79. The first-order chi connectivity index (χ1) is 15.4. The van der Waals surface area contributed by atoms with Crippen LogP contribution in [0.5, 0.6) is 17.2 Å². The van der Waals surface area contributed by atoms with Gasteiger partial charge in [0.25, 0.3) is 10.1 Å². The normalized spacial score (nSPS) is 11.2. The Labute approximate surface area is 222 Å². The topological polar surface area (TPSA) is 86.7 Å². The van der Waals surface area contributed by atoms with Crippen molar-refractivity contribution in [2.45, 2.75) is 95.3 Å². The third kappa shape index (κ3) is 11.8. The van der Waals surface area contributed by atoms with E-state index in [9.17, 15) is 18.1 Å². The van der Waals surface area contributed by atoms with E-state index in [1.807, 2.05) is 0 Å². The number of rotatable bonds is 16. The molecule has 0 fully saturated rings. The zero-order chi connectivity index (χ0) is 23.2. The molecular weight excluding hydrogens is 447 g/mol. The van der Waals surface area contributed by atoms with Crippen LogP contribution in [-0.2, 0) is 16.5 Å². The molecule has 0 amide bonds. The van der Waals surface area contributed by atoms with Gasteiger partial charge in [0.05, 0.1) is 0 Å². The number of hydrogen-bond donors (Lipinski definition) is 1. The molecule has 0 aliphatic rings.